The lowest BCUT2D eigenvalue weighted by molar-refractivity contribution is 1.18. The molecule has 0 spiro atoms. The summed E-state index contributed by atoms with van der Waals surface area (Å²) in [5, 5.41) is 3.62. The van der Waals surface area contributed by atoms with Crippen LogP contribution in [0.15, 0.2) is 224 Å². The van der Waals surface area contributed by atoms with Crippen molar-refractivity contribution in [3.8, 4) is 78.9 Å². The number of benzene rings is 8. The number of hydrogen-bond acceptors (Lipinski definition) is 6. The van der Waals surface area contributed by atoms with Gasteiger partial charge in [0.1, 0.15) is 0 Å². The second-order valence-electron chi connectivity index (χ2n) is 15.2. The van der Waals surface area contributed by atoms with E-state index in [4.69, 9.17) is 19.9 Å². The molecule has 0 atom stereocenters. The molecule has 0 saturated carbocycles. The molecule has 1 N–H and O–H groups in total. The van der Waals surface area contributed by atoms with Gasteiger partial charge in [0.05, 0.1) is 45.5 Å². The summed E-state index contributed by atoms with van der Waals surface area (Å²) in [6.45, 7) is 0. The van der Waals surface area contributed by atoms with E-state index in [9.17, 15) is 0 Å². The van der Waals surface area contributed by atoms with Crippen molar-refractivity contribution in [2.24, 2.45) is 0 Å². The normalized spacial score (nSPS) is 11.6. The van der Waals surface area contributed by atoms with E-state index in [-0.39, 0.29) is 0 Å². The summed E-state index contributed by atoms with van der Waals surface area (Å²) in [5.41, 5.74) is 16.7. The van der Waals surface area contributed by atoms with Crippen molar-refractivity contribution in [3.05, 3.63) is 224 Å². The first-order valence-electron chi connectivity index (χ1n) is 20.7. The highest BCUT2D eigenvalue weighted by atomic mass is 15.2. The topological polar surface area (TPSA) is 66.8 Å². The van der Waals surface area contributed by atoms with E-state index in [1.807, 2.05) is 72.8 Å². The van der Waals surface area contributed by atoms with Crippen molar-refractivity contribution >= 4 is 28.4 Å². The fraction of sp³-hybridized carbons (Fsp3) is 0. The number of fused-ring (bicyclic) bond motifs is 2. The Bertz CT molecular complexity index is 2890. The maximum Gasteiger partial charge on any atom is 0.160 e. The van der Waals surface area contributed by atoms with E-state index in [2.05, 4.69) is 162 Å². The lowest BCUT2D eigenvalue weighted by Gasteiger charge is -2.34. The molecule has 10 aromatic rings. The molecular weight excluding hydrogens is 757 g/mol. The molecule has 62 heavy (non-hydrogen) atoms. The molecule has 0 aliphatic carbocycles. The van der Waals surface area contributed by atoms with E-state index in [1.54, 1.807) is 0 Å². The first-order valence-corrected chi connectivity index (χ1v) is 20.7. The van der Waals surface area contributed by atoms with Crippen LogP contribution in [0.2, 0.25) is 0 Å². The molecule has 1 aliphatic heterocycles. The van der Waals surface area contributed by atoms with Gasteiger partial charge in [-0.15, -0.1) is 0 Å². The Balaban J connectivity index is 1.10. The largest absolute Gasteiger partial charge is 0.352 e. The summed E-state index contributed by atoms with van der Waals surface area (Å²) in [7, 11) is 0. The first-order chi connectivity index (χ1) is 30.7. The van der Waals surface area contributed by atoms with Crippen molar-refractivity contribution < 1.29 is 0 Å². The van der Waals surface area contributed by atoms with Crippen LogP contribution < -0.4 is 10.2 Å². The van der Waals surface area contributed by atoms with Gasteiger partial charge in [-0.3, -0.25) is 0 Å². The number of para-hydroxylation sites is 4. The number of anilines is 5. The summed E-state index contributed by atoms with van der Waals surface area (Å²) >= 11 is 0. The molecule has 6 heteroatoms. The zero-order chi connectivity index (χ0) is 41.2. The number of nitrogens with one attached hydrogen (secondary N) is 1. The number of aromatic nitrogens is 4. The standard InChI is InChI=1S/C56H38N6/c1-5-17-39(18-6-1)49-36-51(60-55(58-49)41-21-9-3-10-22-41)44-33-43(38-29-31-46(32-30-38)62-53-27-15-13-25-47(53)57-48-26-14-16-28-54(48)62)34-45(35-44)52-37-50(40-19-7-2-8-20-40)59-56(61-52)42-23-11-4-12-24-42/h1-37,57H. The molecule has 11 rings (SSSR count). The van der Waals surface area contributed by atoms with Crippen molar-refractivity contribution in [1.82, 2.24) is 19.9 Å². The minimum absolute atomic E-state index is 0.662. The summed E-state index contributed by atoms with van der Waals surface area (Å²) in [5.74, 6) is 1.32. The van der Waals surface area contributed by atoms with Crippen LogP contribution in [-0.2, 0) is 0 Å². The van der Waals surface area contributed by atoms with Crippen LogP contribution in [0.25, 0.3) is 78.9 Å². The predicted octanol–water partition coefficient (Wildman–Crippen LogP) is 14.5. The molecule has 2 aromatic heterocycles. The Kier molecular flexibility index (Phi) is 9.41. The van der Waals surface area contributed by atoms with E-state index in [0.717, 1.165) is 95.7 Å². The van der Waals surface area contributed by atoms with E-state index >= 15 is 0 Å². The Morgan fingerprint density at radius 1 is 0.274 bits per heavy atom. The molecule has 0 fully saturated rings. The minimum Gasteiger partial charge on any atom is -0.352 e. The SMILES string of the molecule is c1ccc(-c2cc(-c3cc(-c4ccc(N5c6ccccc6Nc6ccccc65)cc4)cc(-c4cc(-c5ccccc5)nc(-c5ccccc5)n4)c3)nc(-c3ccccc3)n2)cc1. The van der Waals surface area contributed by atoms with Crippen molar-refractivity contribution in [2.75, 3.05) is 10.2 Å². The van der Waals surface area contributed by atoms with Crippen LogP contribution in [0.1, 0.15) is 0 Å². The van der Waals surface area contributed by atoms with Crippen LogP contribution in [0, 0.1) is 0 Å². The third-order valence-corrected chi connectivity index (χ3v) is 11.2. The summed E-state index contributed by atoms with van der Waals surface area (Å²) in [6, 6.07) is 77.5. The Labute approximate surface area is 360 Å². The smallest absolute Gasteiger partial charge is 0.160 e. The highest BCUT2D eigenvalue weighted by Gasteiger charge is 2.24. The molecule has 3 heterocycles. The Morgan fingerprint density at radius 2 is 0.629 bits per heavy atom. The lowest BCUT2D eigenvalue weighted by Crippen LogP contribution is -2.17. The van der Waals surface area contributed by atoms with Crippen LogP contribution in [-0.4, -0.2) is 19.9 Å². The quantitative estimate of drug-likeness (QED) is 0.165. The highest BCUT2D eigenvalue weighted by molar-refractivity contribution is 5.97. The summed E-state index contributed by atoms with van der Waals surface area (Å²) < 4.78 is 0. The second-order valence-corrected chi connectivity index (χ2v) is 15.2. The molecule has 0 unspecified atom stereocenters. The molecule has 0 radical (unpaired) electrons. The van der Waals surface area contributed by atoms with Gasteiger partial charge >= 0.3 is 0 Å². The van der Waals surface area contributed by atoms with Gasteiger partial charge in [-0.2, -0.15) is 0 Å². The third-order valence-electron chi connectivity index (χ3n) is 11.2. The van der Waals surface area contributed by atoms with Crippen LogP contribution in [0.3, 0.4) is 0 Å². The zero-order valence-corrected chi connectivity index (χ0v) is 33.6. The molecule has 8 aromatic carbocycles. The summed E-state index contributed by atoms with van der Waals surface area (Å²) in [6.07, 6.45) is 0. The van der Waals surface area contributed by atoms with Gasteiger partial charge in [0.2, 0.25) is 0 Å². The fourth-order valence-corrected chi connectivity index (χ4v) is 8.13. The number of nitrogens with zero attached hydrogens (tertiary/aromatic N) is 5. The number of rotatable bonds is 8. The van der Waals surface area contributed by atoms with E-state index in [1.165, 1.54) is 0 Å². The maximum atomic E-state index is 5.26. The van der Waals surface area contributed by atoms with Gasteiger partial charge in [0, 0.05) is 39.1 Å². The highest BCUT2D eigenvalue weighted by Crippen LogP contribution is 2.48. The predicted molar refractivity (Wildman–Crippen MR) is 254 cm³/mol. The third kappa shape index (κ3) is 7.16. The maximum absolute atomic E-state index is 5.26. The monoisotopic (exact) mass is 794 g/mol. The van der Waals surface area contributed by atoms with Crippen LogP contribution in [0.4, 0.5) is 28.4 Å². The van der Waals surface area contributed by atoms with Crippen molar-refractivity contribution in [1.29, 1.82) is 0 Å². The number of hydrogen-bond donors (Lipinski definition) is 1. The lowest BCUT2D eigenvalue weighted by atomic mass is 9.95. The summed E-state index contributed by atoms with van der Waals surface area (Å²) in [4.78, 5) is 23.0. The van der Waals surface area contributed by atoms with Crippen molar-refractivity contribution in [2.45, 2.75) is 0 Å². The van der Waals surface area contributed by atoms with Gasteiger partial charge in [-0.1, -0.05) is 158 Å². The van der Waals surface area contributed by atoms with Crippen LogP contribution in [0.5, 0.6) is 0 Å². The zero-order valence-electron chi connectivity index (χ0n) is 33.6. The molecule has 292 valence electrons. The molecule has 0 amide bonds. The Morgan fingerprint density at radius 3 is 1.06 bits per heavy atom. The second kappa shape index (κ2) is 15.9. The van der Waals surface area contributed by atoms with Gasteiger partial charge in [-0.05, 0) is 77.9 Å². The molecule has 1 aliphatic rings. The van der Waals surface area contributed by atoms with Gasteiger partial charge in [0.25, 0.3) is 0 Å². The minimum atomic E-state index is 0.662. The molecule has 0 bridgehead atoms. The fourth-order valence-electron chi connectivity index (χ4n) is 8.13. The first kappa shape index (κ1) is 36.6. The Hall–Kier alpha value is -8.48. The van der Waals surface area contributed by atoms with Gasteiger partial charge < -0.3 is 10.2 Å². The van der Waals surface area contributed by atoms with Gasteiger partial charge in [0.15, 0.2) is 11.6 Å². The van der Waals surface area contributed by atoms with E-state index in [0.29, 0.717) is 11.6 Å². The molecule has 6 nitrogen and oxygen atoms in total. The van der Waals surface area contributed by atoms with E-state index < -0.39 is 0 Å². The average molecular weight is 795 g/mol. The van der Waals surface area contributed by atoms with Crippen LogP contribution >= 0.6 is 0 Å². The average Bonchev–Trinajstić information content (AvgIpc) is 3.36. The molecule has 0 saturated heterocycles. The molecular formula is C56H38N6. The van der Waals surface area contributed by atoms with Gasteiger partial charge in [-0.25, -0.2) is 19.9 Å². The van der Waals surface area contributed by atoms with Crippen molar-refractivity contribution in [3.63, 3.8) is 0 Å².